The van der Waals surface area contributed by atoms with Gasteiger partial charge < -0.3 is 21.1 Å². The number of rotatable bonds is 8. The number of fused-ring (bicyclic) bond motifs is 1. The molecule has 0 radical (unpaired) electrons. The van der Waals surface area contributed by atoms with Crippen LogP contribution in [0.25, 0.3) is 0 Å². The molecule has 1 aliphatic rings. The third kappa shape index (κ3) is 6.03. The zero-order valence-corrected chi connectivity index (χ0v) is 17.7. The highest BCUT2D eigenvalue weighted by Crippen LogP contribution is 2.25. The standard InChI is InChI=1S/C22H33N3O4/c1-13(2)9-17(23)21(27)25-12-16-8-6-5-7-15(16)11-19(25)20(26)24-18(22(28)29)10-14(3)4/h5-8,13-14,17-19H,9-12,23H2,1-4H3,(H,24,26)(H,28,29)/t17-,18-,19-/m0/s1. The van der Waals surface area contributed by atoms with Gasteiger partial charge in [0.1, 0.15) is 12.1 Å². The van der Waals surface area contributed by atoms with Crippen molar-refractivity contribution in [2.45, 2.75) is 71.6 Å². The Balaban J connectivity index is 2.27. The number of carbonyl (C=O) groups is 3. The normalized spacial score (nSPS) is 18.3. The molecule has 4 N–H and O–H groups in total. The molecule has 1 aromatic rings. The van der Waals surface area contributed by atoms with Gasteiger partial charge >= 0.3 is 5.97 Å². The van der Waals surface area contributed by atoms with Gasteiger partial charge in [-0.2, -0.15) is 0 Å². The highest BCUT2D eigenvalue weighted by atomic mass is 16.4. The summed E-state index contributed by atoms with van der Waals surface area (Å²) in [6.45, 7) is 8.08. The summed E-state index contributed by atoms with van der Waals surface area (Å²) in [6.07, 6.45) is 1.19. The highest BCUT2D eigenvalue weighted by molar-refractivity contribution is 5.92. The summed E-state index contributed by atoms with van der Waals surface area (Å²) >= 11 is 0. The summed E-state index contributed by atoms with van der Waals surface area (Å²) in [5.74, 6) is -1.43. The Kier molecular flexibility index (Phi) is 7.79. The van der Waals surface area contributed by atoms with Crippen LogP contribution in [-0.4, -0.2) is 45.9 Å². The second-order valence-corrected chi connectivity index (χ2v) is 8.72. The Bertz CT molecular complexity index is 747. The van der Waals surface area contributed by atoms with Gasteiger partial charge in [0, 0.05) is 13.0 Å². The first-order valence-corrected chi connectivity index (χ1v) is 10.3. The van der Waals surface area contributed by atoms with Crippen molar-refractivity contribution in [3.8, 4) is 0 Å². The first-order chi connectivity index (χ1) is 13.6. The van der Waals surface area contributed by atoms with Crippen LogP contribution < -0.4 is 11.1 Å². The van der Waals surface area contributed by atoms with E-state index in [0.717, 1.165) is 11.1 Å². The number of benzene rings is 1. The average molecular weight is 404 g/mol. The summed E-state index contributed by atoms with van der Waals surface area (Å²) < 4.78 is 0. The highest BCUT2D eigenvalue weighted by Gasteiger charge is 2.37. The molecule has 2 rings (SSSR count). The Morgan fingerprint density at radius 1 is 1.10 bits per heavy atom. The Labute approximate surface area is 172 Å². The fourth-order valence-electron chi connectivity index (χ4n) is 3.77. The molecule has 0 spiro atoms. The monoisotopic (exact) mass is 403 g/mol. The van der Waals surface area contributed by atoms with E-state index in [2.05, 4.69) is 5.32 Å². The first-order valence-electron chi connectivity index (χ1n) is 10.3. The molecule has 1 aromatic carbocycles. The summed E-state index contributed by atoms with van der Waals surface area (Å²) in [6, 6.07) is 5.23. The molecular formula is C22H33N3O4. The molecule has 160 valence electrons. The van der Waals surface area contributed by atoms with E-state index in [1.54, 1.807) is 0 Å². The van der Waals surface area contributed by atoms with Gasteiger partial charge in [-0.1, -0.05) is 52.0 Å². The molecule has 3 atom stereocenters. The molecular weight excluding hydrogens is 370 g/mol. The number of nitrogens with two attached hydrogens (primary N) is 1. The van der Waals surface area contributed by atoms with Crippen molar-refractivity contribution >= 4 is 17.8 Å². The Hall–Kier alpha value is -2.41. The largest absolute Gasteiger partial charge is 0.480 e. The fraction of sp³-hybridized carbons (Fsp3) is 0.591. The molecule has 29 heavy (non-hydrogen) atoms. The maximum atomic E-state index is 13.1. The Morgan fingerprint density at radius 2 is 1.69 bits per heavy atom. The minimum absolute atomic E-state index is 0.112. The molecule has 1 aliphatic heterocycles. The predicted octanol–water partition coefficient (Wildman–Crippen LogP) is 1.93. The van der Waals surface area contributed by atoms with Crippen LogP contribution in [0.2, 0.25) is 0 Å². The van der Waals surface area contributed by atoms with Crippen LogP contribution in [0.15, 0.2) is 24.3 Å². The number of amides is 2. The van der Waals surface area contributed by atoms with Crippen molar-refractivity contribution in [1.29, 1.82) is 0 Å². The van der Waals surface area contributed by atoms with Crippen molar-refractivity contribution in [3.05, 3.63) is 35.4 Å². The van der Waals surface area contributed by atoms with Crippen LogP contribution in [0, 0.1) is 11.8 Å². The van der Waals surface area contributed by atoms with Gasteiger partial charge in [0.25, 0.3) is 0 Å². The minimum Gasteiger partial charge on any atom is -0.480 e. The van der Waals surface area contributed by atoms with Crippen molar-refractivity contribution in [2.24, 2.45) is 17.6 Å². The number of nitrogens with zero attached hydrogens (tertiary/aromatic N) is 1. The van der Waals surface area contributed by atoms with Gasteiger partial charge in [-0.15, -0.1) is 0 Å². The lowest BCUT2D eigenvalue weighted by Gasteiger charge is -2.38. The average Bonchev–Trinajstić information content (AvgIpc) is 2.64. The SMILES string of the molecule is CC(C)C[C@H](NC(=O)[C@@H]1Cc2ccccc2CN1C(=O)[C@@H](N)CC(C)C)C(=O)O. The van der Waals surface area contributed by atoms with Gasteiger partial charge in [0.2, 0.25) is 11.8 Å². The second-order valence-electron chi connectivity index (χ2n) is 8.72. The third-order valence-corrected chi connectivity index (χ3v) is 5.20. The molecule has 0 fully saturated rings. The van der Waals surface area contributed by atoms with Crippen LogP contribution in [0.1, 0.15) is 51.7 Å². The van der Waals surface area contributed by atoms with E-state index in [9.17, 15) is 19.5 Å². The van der Waals surface area contributed by atoms with Gasteiger partial charge in [0.05, 0.1) is 6.04 Å². The number of carboxylic acid groups (broad SMARTS) is 1. The lowest BCUT2D eigenvalue weighted by Crippen LogP contribution is -2.58. The van der Waals surface area contributed by atoms with E-state index >= 15 is 0 Å². The Morgan fingerprint density at radius 3 is 2.24 bits per heavy atom. The third-order valence-electron chi connectivity index (χ3n) is 5.20. The smallest absolute Gasteiger partial charge is 0.326 e. The summed E-state index contributed by atoms with van der Waals surface area (Å²) in [5, 5.41) is 12.1. The fourth-order valence-corrected chi connectivity index (χ4v) is 3.77. The molecule has 0 unspecified atom stereocenters. The molecule has 0 aromatic heterocycles. The predicted molar refractivity (Wildman–Crippen MR) is 111 cm³/mol. The van der Waals surface area contributed by atoms with Crippen molar-refractivity contribution in [3.63, 3.8) is 0 Å². The second kappa shape index (κ2) is 9.87. The van der Waals surface area contributed by atoms with E-state index in [0.29, 0.717) is 25.8 Å². The van der Waals surface area contributed by atoms with Crippen LogP contribution >= 0.6 is 0 Å². The molecule has 0 saturated carbocycles. The molecule has 0 saturated heterocycles. The molecule has 2 amide bonds. The minimum atomic E-state index is -1.07. The van der Waals surface area contributed by atoms with Gasteiger partial charge in [-0.05, 0) is 35.8 Å². The van der Waals surface area contributed by atoms with Crippen molar-refractivity contribution in [1.82, 2.24) is 10.2 Å². The van der Waals surface area contributed by atoms with E-state index in [1.165, 1.54) is 4.90 Å². The summed E-state index contributed by atoms with van der Waals surface area (Å²) in [7, 11) is 0. The van der Waals surface area contributed by atoms with Gasteiger partial charge in [-0.25, -0.2) is 4.79 Å². The zero-order valence-electron chi connectivity index (χ0n) is 17.7. The van der Waals surface area contributed by atoms with E-state index < -0.39 is 30.0 Å². The summed E-state index contributed by atoms with van der Waals surface area (Å²) in [5.41, 5.74) is 8.11. The number of hydrogen-bond donors (Lipinski definition) is 3. The number of aliphatic carboxylic acids is 1. The van der Waals surface area contributed by atoms with Crippen LogP contribution in [0.3, 0.4) is 0 Å². The molecule has 1 heterocycles. The molecule has 0 bridgehead atoms. The van der Waals surface area contributed by atoms with E-state index in [4.69, 9.17) is 5.73 Å². The summed E-state index contributed by atoms with van der Waals surface area (Å²) in [4.78, 5) is 39.2. The first kappa shape index (κ1) is 22.9. The number of carbonyl (C=O) groups excluding carboxylic acids is 2. The number of nitrogens with one attached hydrogen (secondary N) is 1. The molecule has 7 nitrogen and oxygen atoms in total. The van der Waals surface area contributed by atoms with E-state index in [1.807, 2.05) is 52.0 Å². The van der Waals surface area contributed by atoms with Crippen molar-refractivity contribution in [2.75, 3.05) is 0 Å². The van der Waals surface area contributed by atoms with Crippen LogP contribution in [0.5, 0.6) is 0 Å². The number of carboxylic acids is 1. The lowest BCUT2D eigenvalue weighted by atomic mass is 9.91. The van der Waals surface area contributed by atoms with Crippen LogP contribution in [-0.2, 0) is 27.3 Å². The lowest BCUT2D eigenvalue weighted by molar-refractivity contribution is -0.146. The van der Waals surface area contributed by atoms with E-state index in [-0.39, 0.29) is 17.7 Å². The maximum absolute atomic E-state index is 13.1. The van der Waals surface area contributed by atoms with Gasteiger partial charge in [-0.3, -0.25) is 9.59 Å². The van der Waals surface area contributed by atoms with Gasteiger partial charge in [0.15, 0.2) is 0 Å². The topological polar surface area (TPSA) is 113 Å². The quantitative estimate of drug-likeness (QED) is 0.614. The van der Waals surface area contributed by atoms with Crippen LogP contribution in [0.4, 0.5) is 0 Å². The number of hydrogen-bond acceptors (Lipinski definition) is 4. The molecule has 0 aliphatic carbocycles. The van der Waals surface area contributed by atoms with Crippen molar-refractivity contribution < 1.29 is 19.5 Å². The molecule has 7 heteroatoms. The maximum Gasteiger partial charge on any atom is 0.326 e. The zero-order chi connectivity index (χ0) is 21.7.